The number of carbonyl (C=O) groups excluding carboxylic acids is 2. The topological polar surface area (TPSA) is 61.9 Å². The Labute approximate surface area is 196 Å². The number of nitrogens with zero attached hydrogens (tertiary/aromatic N) is 2. The number of methoxy groups -OCH3 is 1. The fraction of sp³-hybridized carbons (Fsp3) is 0.481. The maximum Gasteiger partial charge on any atom is 0.255 e. The fourth-order valence-corrected chi connectivity index (χ4v) is 5.33. The van der Waals surface area contributed by atoms with Gasteiger partial charge in [0.05, 0.1) is 7.11 Å². The number of nitrogens with one attached hydrogen (secondary N) is 1. The SMILES string of the molecule is COc1ccc(CN2C(=O)c3ccccc3[C@@H]2C(=O)NCCCN2C[C@@H](C)C[C@H](C)C2)cc1. The summed E-state index contributed by atoms with van der Waals surface area (Å²) >= 11 is 0. The minimum atomic E-state index is -0.606. The summed E-state index contributed by atoms with van der Waals surface area (Å²) in [5, 5.41) is 3.10. The Morgan fingerprint density at radius 1 is 1.06 bits per heavy atom. The number of likely N-dealkylation sites (tertiary alicyclic amines) is 1. The highest BCUT2D eigenvalue weighted by Gasteiger charge is 2.40. The van der Waals surface area contributed by atoms with E-state index >= 15 is 0 Å². The first-order chi connectivity index (χ1) is 16.0. The van der Waals surface area contributed by atoms with E-state index in [4.69, 9.17) is 4.74 Å². The molecule has 6 heteroatoms. The zero-order chi connectivity index (χ0) is 23.4. The highest BCUT2D eigenvalue weighted by molar-refractivity contribution is 6.04. The minimum Gasteiger partial charge on any atom is -0.497 e. The van der Waals surface area contributed by atoms with Crippen molar-refractivity contribution in [3.8, 4) is 5.75 Å². The first kappa shape index (κ1) is 23.3. The largest absolute Gasteiger partial charge is 0.497 e. The van der Waals surface area contributed by atoms with Crippen LogP contribution < -0.4 is 10.1 Å². The van der Waals surface area contributed by atoms with Crippen LogP contribution in [-0.2, 0) is 11.3 Å². The Morgan fingerprint density at radius 3 is 2.45 bits per heavy atom. The normalized spacial score (nSPS) is 22.8. The molecule has 0 bridgehead atoms. The predicted molar refractivity (Wildman–Crippen MR) is 129 cm³/mol. The lowest BCUT2D eigenvalue weighted by molar-refractivity contribution is -0.125. The second-order valence-corrected chi connectivity index (χ2v) is 9.62. The van der Waals surface area contributed by atoms with Gasteiger partial charge in [-0.1, -0.05) is 44.2 Å². The first-order valence-corrected chi connectivity index (χ1v) is 12.0. The molecule has 2 aliphatic heterocycles. The van der Waals surface area contributed by atoms with Crippen molar-refractivity contribution in [2.24, 2.45) is 11.8 Å². The molecule has 2 aromatic carbocycles. The van der Waals surface area contributed by atoms with Gasteiger partial charge in [0, 0.05) is 31.7 Å². The van der Waals surface area contributed by atoms with E-state index in [-0.39, 0.29) is 11.8 Å². The van der Waals surface area contributed by atoms with E-state index in [2.05, 4.69) is 24.1 Å². The van der Waals surface area contributed by atoms with Crippen molar-refractivity contribution in [1.82, 2.24) is 15.1 Å². The molecule has 0 spiro atoms. The van der Waals surface area contributed by atoms with Gasteiger partial charge in [0.25, 0.3) is 5.91 Å². The first-order valence-electron chi connectivity index (χ1n) is 12.0. The summed E-state index contributed by atoms with van der Waals surface area (Å²) in [6.07, 6.45) is 2.21. The fourth-order valence-electron chi connectivity index (χ4n) is 5.33. The quantitative estimate of drug-likeness (QED) is 0.622. The van der Waals surface area contributed by atoms with Crippen molar-refractivity contribution in [2.75, 3.05) is 33.3 Å². The third-order valence-electron chi connectivity index (χ3n) is 6.71. The number of fused-ring (bicyclic) bond motifs is 1. The van der Waals surface area contributed by atoms with Crippen LogP contribution in [0.15, 0.2) is 48.5 Å². The molecule has 4 rings (SSSR count). The van der Waals surface area contributed by atoms with Crippen LogP contribution in [0.2, 0.25) is 0 Å². The van der Waals surface area contributed by atoms with E-state index in [1.165, 1.54) is 6.42 Å². The number of ether oxygens (including phenoxy) is 1. The van der Waals surface area contributed by atoms with E-state index in [0.29, 0.717) is 18.7 Å². The van der Waals surface area contributed by atoms with Crippen molar-refractivity contribution in [3.63, 3.8) is 0 Å². The van der Waals surface area contributed by atoms with Crippen LogP contribution in [0.3, 0.4) is 0 Å². The second-order valence-electron chi connectivity index (χ2n) is 9.62. The molecular weight excluding hydrogens is 414 g/mol. The third kappa shape index (κ3) is 5.38. The Balaban J connectivity index is 1.40. The van der Waals surface area contributed by atoms with Crippen molar-refractivity contribution in [3.05, 3.63) is 65.2 Å². The molecule has 0 saturated carbocycles. The molecule has 0 radical (unpaired) electrons. The van der Waals surface area contributed by atoms with E-state index in [1.54, 1.807) is 12.0 Å². The van der Waals surface area contributed by atoms with Crippen molar-refractivity contribution in [1.29, 1.82) is 0 Å². The third-order valence-corrected chi connectivity index (χ3v) is 6.71. The lowest BCUT2D eigenvalue weighted by atomic mass is 9.92. The number of hydrogen-bond acceptors (Lipinski definition) is 4. The molecule has 0 unspecified atom stereocenters. The molecule has 2 aromatic rings. The number of piperidine rings is 1. The lowest BCUT2D eigenvalue weighted by Gasteiger charge is -2.35. The van der Waals surface area contributed by atoms with E-state index in [0.717, 1.165) is 54.8 Å². The highest BCUT2D eigenvalue weighted by atomic mass is 16.5. The number of rotatable bonds is 8. The van der Waals surface area contributed by atoms with E-state index in [9.17, 15) is 9.59 Å². The molecule has 2 aliphatic rings. The molecule has 3 atom stereocenters. The van der Waals surface area contributed by atoms with Gasteiger partial charge in [0.1, 0.15) is 11.8 Å². The average molecular weight is 450 g/mol. The smallest absolute Gasteiger partial charge is 0.255 e. The molecular formula is C27H35N3O3. The number of benzene rings is 2. The molecule has 33 heavy (non-hydrogen) atoms. The number of amides is 2. The summed E-state index contributed by atoms with van der Waals surface area (Å²) in [6.45, 7) is 8.88. The predicted octanol–water partition coefficient (Wildman–Crippen LogP) is 3.88. The minimum absolute atomic E-state index is 0.0992. The van der Waals surface area contributed by atoms with Gasteiger partial charge in [-0.25, -0.2) is 0 Å². The standard InChI is InChI=1S/C27H35N3O3/c1-19-15-20(2)17-29(16-19)14-6-13-28-26(31)25-23-7-4-5-8-24(23)27(32)30(25)18-21-9-11-22(33-3)12-10-21/h4-5,7-12,19-20,25H,6,13-18H2,1-3H3,(H,28,31)/t19-,20-,25+/m0/s1. The Hall–Kier alpha value is -2.86. The molecule has 0 aliphatic carbocycles. The van der Waals surface area contributed by atoms with Gasteiger partial charge in [-0.05, 0) is 60.5 Å². The molecule has 6 nitrogen and oxygen atoms in total. The Kier molecular flexibility index (Phi) is 7.33. The summed E-state index contributed by atoms with van der Waals surface area (Å²) in [5.74, 6) is 2.02. The number of hydrogen-bond donors (Lipinski definition) is 1. The summed E-state index contributed by atoms with van der Waals surface area (Å²) < 4.78 is 5.23. The van der Waals surface area contributed by atoms with Gasteiger partial charge in [-0.2, -0.15) is 0 Å². The maximum absolute atomic E-state index is 13.3. The summed E-state index contributed by atoms with van der Waals surface area (Å²) in [6, 6.07) is 14.5. The Morgan fingerprint density at radius 2 is 1.76 bits per heavy atom. The summed E-state index contributed by atoms with van der Waals surface area (Å²) in [7, 11) is 1.63. The van der Waals surface area contributed by atoms with Crippen LogP contribution in [0.4, 0.5) is 0 Å². The molecule has 0 aromatic heterocycles. The van der Waals surface area contributed by atoms with Gasteiger partial charge in [-0.15, -0.1) is 0 Å². The Bertz CT molecular complexity index is 965. The van der Waals surface area contributed by atoms with E-state index in [1.807, 2.05) is 48.5 Å². The molecule has 176 valence electrons. The molecule has 1 N–H and O–H groups in total. The maximum atomic E-state index is 13.3. The summed E-state index contributed by atoms with van der Waals surface area (Å²) in [5.41, 5.74) is 2.36. The molecule has 1 fully saturated rings. The highest BCUT2D eigenvalue weighted by Crippen LogP contribution is 2.35. The monoisotopic (exact) mass is 449 g/mol. The zero-order valence-electron chi connectivity index (χ0n) is 19.9. The summed E-state index contributed by atoms with van der Waals surface area (Å²) in [4.78, 5) is 30.6. The van der Waals surface area contributed by atoms with Crippen molar-refractivity contribution >= 4 is 11.8 Å². The zero-order valence-corrected chi connectivity index (χ0v) is 19.9. The van der Waals surface area contributed by atoms with E-state index < -0.39 is 6.04 Å². The van der Waals surface area contributed by atoms with Gasteiger partial charge < -0.3 is 19.9 Å². The van der Waals surface area contributed by atoms with Gasteiger partial charge in [-0.3, -0.25) is 9.59 Å². The van der Waals surface area contributed by atoms with Crippen LogP contribution in [0, 0.1) is 11.8 Å². The van der Waals surface area contributed by atoms with Gasteiger partial charge in [0.15, 0.2) is 0 Å². The number of carbonyl (C=O) groups is 2. The van der Waals surface area contributed by atoms with Crippen LogP contribution in [-0.4, -0.2) is 54.9 Å². The lowest BCUT2D eigenvalue weighted by Crippen LogP contribution is -2.41. The average Bonchev–Trinajstić information content (AvgIpc) is 3.08. The van der Waals surface area contributed by atoms with Crippen LogP contribution in [0.25, 0.3) is 0 Å². The van der Waals surface area contributed by atoms with Crippen molar-refractivity contribution in [2.45, 2.75) is 39.3 Å². The molecule has 2 heterocycles. The second kappa shape index (κ2) is 10.4. The van der Waals surface area contributed by atoms with Crippen molar-refractivity contribution < 1.29 is 14.3 Å². The van der Waals surface area contributed by atoms with Crippen LogP contribution >= 0.6 is 0 Å². The molecule has 1 saturated heterocycles. The van der Waals surface area contributed by atoms with Gasteiger partial charge in [0.2, 0.25) is 5.91 Å². The van der Waals surface area contributed by atoms with Gasteiger partial charge >= 0.3 is 0 Å². The van der Waals surface area contributed by atoms with Crippen LogP contribution in [0.1, 0.15) is 54.2 Å². The van der Waals surface area contributed by atoms with Crippen LogP contribution in [0.5, 0.6) is 5.75 Å². The molecule has 2 amide bonds.